The molecule has 0 aliphatic rings. The fourth-order valence-corrected chi connectivity index (χ4v) is 2.55. The van der Waals surface area contributed by atoms with Crippen molar-refractivity contribution in [3.63, 3.8) is 0 Å². The summed E-state index contributed by atoms with van der Waals surface area (Å²) in [7, 11) is -4.20. The first-order valence-electron chi connectivity index (χ1n) is 5.31. The summed E-state index contributed by atoms with van der Waals surface area (Å²) in [5, 5.41) is 10.6. The highest BCUT2D eigenvalue weighted by Gasteiger charge is 2.22. The van der Waals surface area contributed by atoms with Crippen LogP contribution in [0.4, 0.5) is 10.1 Å². The molecule has 0 aliphatic heterocycles. The molecule has 2 rings (SSSR count). The van der Waals surface area contributed by atoms with Crippen molar-refractivity contribution >= 4 is 15.7 Å². The van der Waals surface area contributed by atoms with Crippen molar-refractivity contribution in [3.8, 4) is 0 Å². The summed E-state index contributed by atoms with van der Waals surface area (Å²) in [6, 6.07) is 2.30. The molecule has 10 heteroatoms. The Morgan fingerprint density at radius 1 is 1.45 bits per heavy atom. The third-order valence-corrected chi connectivity index (χ3v) is 3.84. The number of non-ortho nitro benzene ring substituents is 1. The molecule has 2 N–H and O–H groups in total. The first kappa shape index (κ1) is 14.1. The van der Waals surface area contributed by atoms with E-state index in [1.807, 2.05) is 0 Å². The minimum atomic E-state index is -4.20. The zero-order valence-corrected chi connectivity index (χ0v) is 10.7. The van der Waals surface area contributed by atoms with Gasteiger partial charge in [0.25, 0.3) is 5.69 Å². The number of nitrogens with one attached hydrogen (secondary N) is 2. The van der Waals surface area contributed by atoms with Crippen LogP contribution < -0.4 is 4.72 Å². The number of hydrogen-bond acceptors (Lipinski definition) is 5. The fraction of sp³-hybridized carbons (Fsp3) is 0.100. The van der Waals surface area contributed by atoms with Gasteiger partial charge in [-0.15, -0.1) is 0 Å². The summed E-state index contributed by atoms with van der Waals surface area (Å²) in [4.78, 5) is 15.4. The van der Waals surface area contributed by atoms with E-state index in [0.717, 1.165) is 12.1 Å². The average molecular weight is 300 g/mol. The van der Waals surface area contributed by atoms with Crippen LogP contribution in [0.3, 0.4) is 0 Å². The molecule has 0 radical (unpaired) electrons. The van der Waals surface area contributed by atoms with Crippen LogP contribution in [-0.2, 0) is 16.6 Å². The molecular formula is C10H9FN4O4S. The normalized spacial score (nSPS) is 11.4. The zero-order valence-electron chi connectivity index (χ0n) is 9.91. The molecule has 1 aromatic carbocycles. The van der Waals surface area contributed by atoms with Gasteiger partial charge in [-0.2, -0.15) is 0 Å². The van der Waals surface area contributed by atoms with Crippen LogP contribution in [0.2, 0.25) is 0 Å². The van der Waals surface area contributed by atoms with Gasteiger partial charge in [-0.1, -0.05) is 0 Å². The van der Waals surface area contributed by atoms with Gasteiger partial charge in [0.05, 0.1) is 17.8 Å². The Labute approximate surface area is 112 Å². The Hall–Kier alpha value is -2.33. The van der Waals surface area contributed by atoms with Gasteiger partial charge >= 0.3 is 0 Å². The number of sulfonamides is 1. The Morgan fingerprint density at radius 3 is 2.80 bits per heavy atom. The van der Waals surface area contributed by atoms with Crippen LogP contribution in [0.5, 0.6) is 0 Å². The number of halogens is 1. The smallest absolute Gasteiger partial charge is 0.270 e. The van der Waals surface area contributed by atoms with Gasteiger partial charge in [-0.3, -0.25) is 10.1 Å². The van der Waals surface area contributed by atoms with Gasteiger partial charge in [0.15, 0.2) is 0 Å². The van der Waals surface area contributed by atoms with E-state index in [4.69, 9.17) is 0 Å². The number of benzene rings is 1. The maximum absolute atomic E-state index is 13.5. The molecule has 2 aromatic rings. The lowest BCUT2D eigenvalue weighted by Crippen LogP contribution is -2.24. The monoisotopic (exact) mass is 300 g/mol. The standard InChI is InChI=1S/C10H9FN4O4S/c11-9-2-1-8(15(16)17)3-10(9)20(18,19)14-5-7-4-12-6-13-7/h1-4,6,14H,5H2,(H,12,13). The number of nitro groups is 1. The highest BCUT2D eigenvalue weighted by molar-refractivity contribution is 7.89. The molecule has 0 spiro atoms. The lowest BCUT2D eigenvalue weighted by atomic mass is 10.3. The van der Waals surface area contributed by atoms with Crippen molar-refractivity contribution in [3.05, 3.63) is 52.3 Å². The molecule has 0 atom stereocenters. The molecule has 1 aromatic heterocycles. The molecule has 0 aliphatic carbocycles. The van der Waals surface area contributed by atoms with Gasteiger partial charge in [0.1, 0.15) is 10.7 Å². The summed E-state index contributed by atoms with van der Waals surface area (Å²) in [5.41, 5.74) is -0.0345. The summed E-state index contributed by atoms with van der Waals surface area (Å²) < 4.78 is 39.5. The van der Waals surface area contributed by atoms with Crippen molar-refractivity contribution in [1.29, 1.82) is 0 Å². The lowest BCUT2D eigenvalue weighted by Gasteiger charge is -2.06. The summed E-state index contributed by atoms with van der Waals surface area (Å²) >= 11 is 0. The van der Waals surface area contributed by atoms with E-state index in [-0.39, 0.29) is 6.54 Å². The minimum Gasteiger partial charge on any atom is -0.347 e. The maximum atomic E-state index is 13.5. The van der Waals surface area contributed by atoms with Crippen molar-refractivity contribution in [2.24, 2.45) is 0 Å². The molecule has 1 heterocycles. The molecular weight excluding hydrogens is 291 g/mol. The number of hydrogen-bond donors (Lipinski definition) is 2. The number of nitrogens with zero attached hydrogens (tertiary/aromatic N) is 2. The number of aromatic amines is 1. The highest BCUT2D eigenvalue weighted by Crippen LogP contribution is 2.21. The molecule has 0 fully saturated rings. The Morgan fingerprint density at radius 2 is 2.20 bits per heavy atom. The van der Waals surface area contributed by atoms with Crippen LogP contribution in [0.15, 0.2) is 35.6 Å². The SMILES string of the molecule is O=[N+]([O-])c1ccc(F)c(S(=O)(=O)NCc2cnc[nH]2)c1. The first-order chi connectivity index (χ1) is 9.40. The van der Waals surface area contributed by atoms with E-state index in [0.29, 0.717) is 11.8 Å². The molecule has 0 saturated heterocycles. The number of imidazole rings is 1. The van der Waals surface area contributed by atoms with Crippen molar-refractivity contribution < 1.29 is 17.7 Å². The molecule has 0 bridgehead atoms. The largest absolute Gasteiger partial charge is 0.347 e. The zero-order chi connectivity index (χ0) is 14.8. The molecule has 8 nitrogen and oxygen atoms in total. The first-order valence-corrected chi connectivity index (χ1v) is 6.79. The minimum absolute atomic E-state index is 0.134. The molecule has 20 heavy (non-hydrogen) atoms. The van der Waals surface area contributed by atoms with Gasteiger partial charge in [0.2, 0.25) is 10.0 Å². The van der Waals surface area contributed by atoms with Gasteiger partial charge in [-0.25, -0.2) is 22.5 Å². The van der Waals surface area contributed by atoms with E-state index >= 15 is 0 Å². The lowest BCUT2D eigenvalue weighted by molar-refractivity contribution is -0.385. The van der Waals surface area contributed by atoms with E-state index in [1.165, 1.54) is 12.5 Å². The number of nitro benzene ring substituents is 1. The Kier molecular flexibility index (Phi) is 3.77. The van der Waals surface area contributed by atoms with Crippen molar-refractivity contribution in [1.82, 2.24) is 14.7 Å². The van der Waals surface area contributed by atoms with Crippen molar-refractivity contribution in [2.45, 2.75) is 11.4 Å². The van der Waals surface area contributed by atoms with E-state index in [9.17, 15) is 22.9 Å². The highest BCUT2D eigenvalue weighted by atomic mass is 32.2. The quantitative estimate of drug-likeness (QED) is 0.629. The molecule has 0 amide bonds. The van der Waals surface area contributed by atoms with E-state index < -0.39 is 31.3 Å². The summed E-state index contributed by atoms with van der Waals surface area (Å²) in [5.74, 6) is -1.06. The second kappa shape index (κ2) is 5.35. The Bertz CT molecular complexity index is 730. The summed E-state index contributed by atoms with van der Waals surface area (Å²) in [6.07, 6.45) is 2.75. The van der Waals surface area contributed by atoms with E-state index in [2.05, 4.69) is 14.7 Å². The predicted octanol–water partition coefficient (Wildman–Crippen LogP) is 0.935. The van der Waals surface area contributed by atoms with Gasteiger partial charge < -0.3 is 4.98 Å². The van der Waals surface area contributed by atoms with Crippen LogP contribution in [0.25, 0.3) is 0 Å². The van der Waals surface area contributed by atoms with Crippen LogP contribution in [0, 0.1) is 15.9 Å². The third-order valence-electron chi connectivity index (χ3n) is 2.42. The Balaban J connectivity index is 2.28. The van der Waals surface area contributed by atoms with Crippen LogP contribution in [-0.4, -0.2) is 23.3 Å². The third kappa shape index (κ3) is 2.97. The van der Waals surface area contributed by atoms with Crippen molar-refractivity contribution in [2.75, 3.05) is 0 Å². The fourth-order valence-electron chi connectivity index (χ4n) is 1.44. The number of H-pyrrole nitrogens is 1. The molecule has 0 saturated carbocycles. The molecule has 0 unspecified atom stereocenters. The maximum Gasteiger partial charge on any atom is 0.270 e. The van der Waals surface area contributed by atoms with E-state index in [1.54, 1.807) is 0 Å². The second-order valence-corrected chi connectivity index (χ2v) is 5.51. The number of aromatic nitrogens is 2. The number of rotatable bonds is 5. The van der Waals surface area contributed by atoms with Crippen LogP contribution >= 0.6 is 0 Å². The van der Waals surface area contributed by atoms with Gasteiger partial charge in [-0.05, 0) is 6.07 Å². The second-order valence-electron chi connectivity index (χ2n) is 3.77. The average Bonchev–Trinajstić information content (AvgIpc) is 2.89. The topological polar surface area (TPSA) is 118 Å². The summed E-state index contributed by atoms with van der Waals surface area (Å²) in [6.45, 7) is -0.134. The predicted molar refractivity (Wildman–Crippen MR) is 65.7 cm³/mol. The molecule has 106 valence electrons. The van der Waals surface area contributed by atoms with Gasteiger partial charge in [0, 0.05) is 24.0 Å². The van der Waals surface area contributed by atoms with Crippen LogP contribution in [0.1, 0.15) is 5.69 Å².